The Balaban J connectivity index is 1.63. The summed E-state index contributed by atoms with van der Waals surface area (Å²) in [5.41, 5.74) is 0. The predicted octanol–water partition coefficient (Wildman–Crippen LogP) is 3.02. The van der Waals surface area contributed by atoms with Gasteiger partial charge in [0.2, 0.25) is 5.91 Å². The van der Waals surface area contributed by atoms with Gasteiger partial charge in [0.15, 0.2) is 11.6 Å². The number of carbonyl (C=O) groups excluding carboxylic acids is 2. The number of para-hydroxylation sites is 1. The lowest BCUT2D eigenvalue weighted by Gasteiger charge is -2.22. The summed E-state index contributed by atoms with van der Waals surface area (Å²) in [4.78, 5) is 26.3. The molecule has 0 radical (unpaired) electrons. The number of ether oxygens (including phenoxy) is 2. The number of likely N-dealkylation sites (tertiary alicyclic amines) is 1. The second-order valence-electron chi connectivity index (χ2n) is 6.71. The monoisotopic (exact) mass is 381 g/mol. The van der Waals surface area contributed by atoms with E-state index in [4.69, 9.17) is 9.47 Å². The summed E-state index contributed by atoms with van der Waals surface area (Å²) in [5.74, 6) is -0.509. The van der Waals surface area contributed by atoms with Crippen LogP contribution < -0.4 is 4.74 Å². The molecule has 142 valence electrons. The van der Waals surface area contributed by atoms with Gasteiger partial charge < -0.3 is 14.4 Å². The molecule has 1 aromatic rings. The maximum absolute atomic E-state index is 13.8. The summed E-state index contributed by atoms with van der Waals surface area (Å²) in [5, 5.41) is 0.531. The quantitative estimate of drug-likeness (QED) is 0.709. The van der Waals surface area contributed by atoms with E-state index in [0.717, 1.165) is 12.8 Å². The van der Waals surface area contributed by atoms with Crippen LogP contribution in [-0.4, -0.2) is 53.6 Å². The van der Waals surface area contributed by atoms with E-state index in [1.54, 1.807) is 30.0 Å². The summed E-state index contributed by atoms with van der Waals surface area (Å²) in [7, 11) is 1.31. The number of rotatable bonds is 6. The van der Waals surface area contributed by atoms with Crippen LogP contribution in [0.25, 0.3) is 0 Å². The van der Waals surface area contributed by atoms with Crippen molar-refractivity contribution < 1.29 is 23.5 Å². The molecule has 0 unspecified atom stereocenters. The molecule has 1 saturated carbocycles. The normalized spacial score (nSPS) is 23.2. The van der Waals surface area contributed by atoms with Crippen LogP contribution in [0, 0.1) is 5.82 Å². The van der Waals surface area contributed by atoms with Crippen molar-refractivity contribution in [3.8, 4) is 5.75 Å². The van der Waals surface area contributed by atoms with Crippen molar-refractivity contribution in [2.24, 2.45) is 0 Å². The van der Waals surface area contributed by atoms with Gasteiger partial charge in [0.25, 0.3) is 0 Å². The minimum atomic E-state index is -0.673. The third-order valence-corrected chi connectivity index (χ3v) is 6.29. The Kier molecular flexibility index (Phi) is 6.40. The number of hydrogen-bond acceptors (Lipinski definition) is 5. The van der Waals surface area contributed by atoms with Crippen molar-refractivity contribution >= 4 is 23.6 Å². The minimum Gasteiger partial charge on any atom is -0.485 e. The molecule has 2 aliphatic rings. The SMILES string of the molecule is COC(=O)[C@@H]1C[C@H](Oc2ccccc2F)CN1C(=O)CSC1CCCC1. The number of thioether (sulfide) groups is 1. The van der Waals surface area contributed by atoms with E-state index in [0.29, 0.717) is 17.4 Å². The van der Waals surface area contributed by atoms with E-state index in [2.05, 4.69) is 0 Å². The van der Waals surface area contributed by atoms with Crippen molar-refractivity contribution in [2.45, 2.75) is 49.5 Å². The molecule has 0 N–H and O–H groups in total. The smallest absolute Gasteiger partial charge is 0.328 e. The largest absolute Gasteiger partial charge is 0.485 e. The van der Waals surface area contributed by atoms with E-state index in [1.165, 1.54) is 30.9 Å². The average Bonchev–Trinajstić information content (AvgIpc) is 3.31. The highest BCUT2D eigenvalue weighted by atomic mass is 32.2. The molecule has 1 aromatic carbocycles. The van der Waals surface area contributed by atoms with Gasteiger partial charge in [-0.15, -0.1) is 11.8 Å². The maximum Gasteiger partial charge on any atom is 0.328 e. The van der Waals surface area contributed by atoms with Crippen molar-refractivity contribution in [1.29, 1.82) is 0 Å². The molecular formula is C19H24FNO4S. The van der Waals surface area contributed by atoms with Crippen LogP contribution in [-0.2, 0) is 14.3 Å². The lowest BCUT2D eigenvalue weighted by Crippen LogP contribution is -2.42. The molecule has 2 fully saturated rings. The number of benzene rings is 1. The molecular weight excluding hydrogens is 357 g/mol. The Labute approximate surface area is 157 Å². The summed E-state index contributed by atoms with van der Waals surface area (Å²) in [6.07, 6.45) is 4.62. The van der Waals surface area contributed by atoms with Gasteiger partial charge in [0.05, 0.1) is 19.4 Å². The van der Waals surface area contributed by atoms with Gasteiger partial charge in [0.1, 0.15) is 12.1 Å². The number of esters is 1. The van der Waals surface area contributed by atoms with E-state index in [-0.39, 0.29) is 18.2 Å². The lowest BCUT2D eigenvalue weighted by molar-refractivity contribution is -0.150. The Morgan fingerprint density at radius 3 is 2.69 bits per heavy atom. The van der Waals surface area contributed by atoms with Crippen LogP contribution in [0.5, 0.6) is 5.75 Å². The van der Waals surface area contributed by atoms with Gasteiger partial charge in [-0.1, -0.05) is 25.0 Å². The van der Waals surface area contributed by atoms with Crippen molar-refractivity contribution in [1.82, 2.24) is 4.90 Å². The predicted molar refractivity (Wildman–Crippen MR) is 97.7 cm³/mol. The van der Waals surface area contributed by atoms with Gasteiger partial charge in [0, 0.05) is 11.7 Å². The van der Waals surface area contributed by atoms with Crippen LogP contribution in [0.2, 0.25) is 0 Å². The third kappa shape index (κ3) is 4.50. The van der Waals surface area contributed by atoms with Crippen LogP contribution in [0.4, 0.5) is 4.39 Å². The average molecular weight is 381 g/mol. The van der Waals surface area contributed by atoms with Gasteiger partial charge in [-0.2, -0.15) is 0 Å². The molecule has 1 amide bonds. The number of nitrogens with zero attached hydrogens (tertiary/aromatic N) is 1. The fourth-order valence-electron chi connectivity index (χ4n) is 3.56. The Hall–Kier alpha value is -1.76. The number of hydrogen-bond donors (Lipinski definition) is 0. The van der Waals surface area contributed by atoms with Gasteiger partial charge in [-0.3, -0.25) is 4.79 Å². The summed E-state index contributed by atoms with van der Waals surface area (Å²) < 4.78 is 24.4. The van der Waals surface area contributed by atoms with Crippen molar-refractivity contribution in [3.05, 3.63) is 30.1 Å². The Morgan fingerprint density at radius 1 is 1.27 bits per heavy atom. The summed E-state index contributed by atoms with van der Waals surface area (Å²) in [6.45, 7) is 0.262. The van der Waals surface area contributed by atoms with E-state index in [9.17, 15) is 14.0 Å². The van der Waals surface area contributed by atoms with Gasteiger partial charge in [-0.25, -0.2) is 9.18 Å². The first-order chi connectivity index (χ1) is 12.6. The molecule has 0 aromatic heterocycles. The van der Waals surface area contributed by atoms with E-state index < -0.39 is 23.9 Å². The molecule has 1 aliphatic heterocycles. The van der Waals surface area contributed by atoms with Crippen molar-refractivity contribution in [2.75, 3.05) is 19.4 Å². The topological polar surface area (TPSA) is 55.8 Å². The summed E-state index contributed by atoms with van der Waals surface area (Å²) in [6, 6.07) is 5.47. The molecule has 1 heterocycles. The first-order valence-corrected chi connectivity index (χ1v) is 10.0. The molecule has 1 aliphatic carbocycles. The first-order valence-electron chi connectivity index (χ1n) is 8.98. The van der Waals surface area contributed by atoms with Gasteiger partial charge >= 0.3 is 5.97 Å². The van der Waals surface area contributed by atoms with Crippen LogP contribution in [0.1, 0.15) is 32.1 Å². The Morgan fingerprint density at radius 2 is 2.00 bits per heavy atom. The van der Waals surface area contributed by atoms with Crippen LogP contribution in [0.3, 0.4) is 0 Å². The number of methoxy groups -OCH3 is 1. The van der Waals surface area contributed by atoms with Crippen LogP contribution in [0.15, 0.2) is 24.3 Å². The summed E-state index contributed by atoms with van der Waals surface area (Å²) >= 11 is 1.66. The molecule has 0 bridgehead atoms. The molecule has 1 saturated heterocycles. The van der Waals surface area contributed by atoms with E-state index in [1.807, 2.05) is 0 Å². The standard InChI is InChI=1S/C19H24FNO4S/c1-24-19(23)16-10-13(25-17-9-5-4-8-15(17)20)11-21(16)18(22)12-26-14-6-2-3-7-14/h4-5,8-9,13-14,16H,2-3,6-7,10-12H2,1H3/t13-,16-/m0/s1. The number of halogens is 1. The van der Waals surface area contributed by atoms with Gasteiger partial charge in [-0.05, 0) is 25.0 Å². The number of carbonyl (C=O) groups is 2. The molecule has 5 nitrogen and oxygen atoms in total. The third-order valence-electron chi connectivity index (χ3n) is 4.93. The molecule has 3 rings (SSSR count). The fourth-order valence-corrected chi connectivity index (χ4v) is 4.78. The van der Waals surface area contributed by atoms with E-state index >= 15 is 0 Å². The highest BCUT2D eigenvalue weighted by Gasteiger charge is 2.41. The molecule has 2 atom stereocenters. The highest BCUT2D eigenvalue weighted by Crippen LogP contribution is 2.31. The zero-order chi connectivity index (χ0) is 18.5. The minimum absolute atomic E-state index is 0.0862. The first kappa shape index (κ1) is 19.0. The zero-order valence-corrected chi connectivity index (χ0v) is 15.7. The molecule has 26 heavy (non-hydrogen) atoms. The Bertz CT molecular complexity index is 650. The second kappa shape index (κ2) is 8.75. The maximum atomic E-state index is 13.8. The number of amides is 1. The zero-order valence-electron chi connectivity index (χ0n) is 14.9. The van der Waals surface area contributed by atoms with Crippen molar-refractivity contribution in [3.63, 3.8) is 0 Å². The highest BCUT2D eigenvalue weighted by molar-refractivity contribution is 8.00. The van der Waals surface area contributed by atoms with Crippen LogP contribution >= 0.6 is 11.8 Å². The fraction of sp³-hybridized carbons (Fsp3) is 0.579. The second-order valence-corrected chi connectivity index (χ2v) is 8.00. The molecule has 0 spiro atoms. The lowest BCUT2D eigenvalue weighted by atomic mass is 10.2. The molecule has 7 heteroatoms.